The largest absolute Gasteiger partial charge is 0.361 e. The van der Waals surface area contributed by atoms with Crippen molar-refractivity contribution >= 4 is 5.82 Å². The Hall–Kier alpha value is -0.960. The maximum absolute atomic E-state index is 3.23. The van der Waals surface area contributed by atoms with E-state index >= 15 is 0 Å². The molecule has 0 radical (unpaired) electrons. The molecule has 3 nitrogen and oxygen atoms in total. The summed E-state index contributed by atoms with van der Waals surface area (Å²) in [6.07, 6.45) is 3.18. The molecule has 1 unspecified atom stereocenters. The molecule has 0 saturated heterocycles. The molecule has 1 aromatic heterocycles. The van der Waals surface area contributed by atoms with Gasteiger partial charge in [0.15, 0.2) is 0 Å². The van der Waals surface area contributed by atoms with Gasteiger partial charge in [-0.05, 0) is 31.6 Å². The molecule has 2 N–H and O–H groups in total. The molecule has 0 amide bonds. The highest BCUT2D eigenvalue weighted by molar-refractivity contribution is 5.37. The fourth-order valence-electron chi connectivity index (χ4n) is 1.67. The molecule has 0 bridgehead atoms. The zero-order valence-electron chi connectivity index (χ0n) is 9.38. The van der Waals surface area contributed by atoms with E-state index < -0.39 is 0 Å². The lowest BCUT2D eigenvalue weighted by Crippen LogP contribution is -2.31. The van der Waals surface area contributed by atoms with Gasteiger partial charge in [0.25, 0.3) is 0 Å². The van der Waals surface area contributed by atoms with Crippen LogP contribution in [0.2, 0.25) is 0 Å². The monoisotopic (exact) mass is 195 g/mol. The van der Waals surface area contributed by atoms with E-state index in [-0.39, 0.29) is 0 Å². The molecule has 0 aliphatic rings. The Morgan fingerprint density at radius 2 is 2.36 bits per heavy atom. The number of aromatic amines is 1. The van der Waals surface area contributed by atoms with E-state index in [0.717, 1.165) is 13.1 Å². The molecule has 1 aromatic rings. The predicted molar refractivity (Wildman–Crippen MR) is 61.8 cm³/mol. The molecular formula is C11H21N3. The summed E-state index contributed by atoms with van der Waals surface area (Å²) in [5.74, 6) is 1.91. The Labute approximate surface area is 86.5 Å². The third kappa shape index (κ3) is 3.07. The molecule has 0 aliphatic heterocycles. The van der Waals surface area contributed by atoms with Gasteiger partial charge in [-0.3, -0.25) is 0 Å². The minimum absolute atomic E-state index is 0.716. The van der Waals surface area contributed by atoms with E-state index in [4.69, 9.17) is 0 Å². The van der Waals surface area contributed by atoms with E-state index in [2.05, 4.69) is 35.2 Å². The third-order valence-corrected chi connectivity index (χ3v) is 2.59. The molecule has 1 atom stereocenters. The first-order valence-corrected chi connectivity index (χ1v) is 5.27. The molecular weight excluding hydrogens is 174 g/mol. The summed E-state index contributed by atoms with van der Waals surface area (Å²) in [6.45, 7) is 4.42. The average Bonchev–Trinajstić information content (AvgIpc) is 2.69. The maximum Gasteiger partial charge on any atom is 0.105 e. The van der Waals surface area contributed by atoms with Crippen LogP contribution in [-0.2, 0) is 0 Å². The quantitative estimate of drug-likeness (QED) is 0.724. The normalized spacial score (nSPS) is 12.8. The van der Waals surface area contributed by atoms with Gasteiger partial charge < -0.3 is 15.2 Å². The summed E-state index contributed by atoms with van der Waals surface area (Å²) in [6, 6.07) is 4.14. The molecule has 0 spiro atoms. The third-order valence-electron chi connectivity index (χ3n) is 2.59. The molecule has 0 saturated carbocycles. The zero-order chi connectivity index (χ0) is 10.4. The van der Waals surface area contributed by atoms with Crippen LogP contribution in [0.5, 0.6) is 0 Å². The van der Waals surface area contributed by atoms with E-state index in [9.17, 15) is 0 Å². The summed E-state index contributed by atoms with van der Waals surface area (Å²) in [5, 5.41) is 3.23. The van der Waals surface area contributed by atoms with Gasteiger partial charge in [0, 0.05) is 19.8 Å². The topological polar surface area (TPSA) is 31.1 Å². The van der Waals surface area contributed by atoms with Crippen molar-refractivity contribution in [2.24, 2.45) is 5.92 Å². The van der Waals surface area contributed by atoms with E-state index in [0.29, 0.717) is 5.92 Å². The van der Waals surface area contributed by atoms with Crippen molar-refractivity contribution in [3.05, 3.63) is 18.3 Å². The van der Waals surface area contributed by atoms with Gasteiger partial charge in [-0.2, -0.15) is 0 Å². The second kappa shape index (κ2) is 5.70. The van der Waals surface area contributed by atoms with Gasteiger partial charge >= 0.3 is 0 Å². The number of nitrogens with zero attached hydrogens (tertiary/aromatic N) is 1. The van der Waals surface area contributed by atoms with Gasteiger partial charge in [-0.1, -0.05) is 13.3 Å². The SMILES string of the molecule is CCC(CNC)CN(C)c1ccc[nH]1. The Morgan fingerprint density at radius 3 is 2.86 bits per heavy atom. The van der Waals surface area contributed by atoms with Gasteiger partial charge in [-0.25, -0.2) is 0 Å². The van der Waals surface area contributed by atoms with E-state index in [1.807, 2.05) is 19.3 Å². The Bertz CT molecular complexity index is 231. The van der Waals surface area contributed by atoms with E-state index in [1.165, 1.54) is 12.2 Å². The predicted octanol–water partition coefficient (Wildman–Crippen LogP) is 1.70. The Balaban J connectivity index is 2.42. The van der Waals surface area contributed by atoms with Gasteiger partial charge in [0.1, 0.15) is 5.82 Å². The van der Waals surface area contributed by atoms with Gasteiger partial charge in [0.05, 0.1) is 0 Å². The van der Waals surface area contributed by atoms with Gasteiger partial charge in [-0.15, -0.1) is 0 Å². The summed E-state index contributed by atoms with van der Waals surface area (Å²) in [7, 11) is 4.14. The number of nitrogens with one attached hydrogen (secondary N) is 2. The molecule has 3 heteroatoms. The van der Waals surface area contributed by atoms with Crippen molar-refractivity contribution < 1.29 is 0 Å². The molecule has 0 aromatic carbocycles. The maximum atomic E-state index is 3.23. The lowest BCUT2D eigenvalue weighted by atomic mass is 10.1. The summed E-state index contributed by atoms with van der Waals surface area (Å²) < 4.78 is 0. The number of rotatable bonds is 6. The number of H-pyrrole nitrogens is 1. The van der Waals surface area contributed by atoms with Crippen LogP contribution in [0.15, 0.2) is 18.3 Å². The van der Waals surface area contributed by atoms with Crippen LogP contribution < -0.4 is 10.2 Å². The van der Waals surface area contributed by atoms with E-state index in [1.54, 1.807) is 0 Å². The second-order valence-corrected chi connectivity index (χ2v) is 3.77. The van der Waals surface area contributed by atoms with Crippen LogP contribution in [-0.4, -0.2) is 32.2 Å². The second-order valence-electron chi connectivity index (χ2n) is 3.77. The lowest BCUT2D eigenvalue weighted by Gasteiger charge is -2.23. The smallest absolute Gasteiger partial charge is 0.105 e. The minimum Gasteiger partial charge on any atom is -0.361 e. The number of aromatic nitrogens is 1. The fraction of sp³-hybridized carbons (Fsp3) is 0.636. The number of hydrogen-bond acceptors (Lipinski definition) is 2. The van der Waals surface area contributed by atoms with Crippen molar-refractivity contribution in [3.8, 4) is 0 Å². The zero-order valence-corrected chi connectivity index (χ0v) is 9.38. The highest BCUT2D eigenvalue weighted by Gasteiger charge is 2.09. The van der Waals surface area contributed by atoms with Crippen LogP contribution in [0.25, 0.3) is 0 Å². The van der Waals surface area contributed by atoms with Crippen molar-refractivity contribution in [3.63, 3.8) is 0 Å². The standard InChI is InChI=1S/C11H21N3/c1-4-10(8-12-2)9-14(3)11-6-5-7-13-11/h5-7,10,12-13H,4,8-9H2,1-3H3. The van der Waals surface area contributed by atoms with Crippen molar-refractivity contribution in [1.29, 1.82) is 0 Å². The molecule has 0 aliphatic carbocycles. The molecule has 1 heterocycles. The minimum atomic E-state index is 0.716. The first-order valence-electron chi connectivity index (χ1n) is 5.27. The van der Waals surface area contributed by atoms with Crippen molar-refractivity contribution in [1.82, 2.24) is 10.3 Å². The van der Waals surface area contributed by atoms with Crippen molar-refractivity contribution in [2.45, 2.75) is 13.3 Å². The fourth-order valence-corrected chi connectivity index (χ4v) is 1.67. The van der Waals surface area contributed by atoms with Crippen LogP contribution in [0.3, 0.4) is 0 Å². The van der Waals surface area contributed by atoms with Crippen LogP contribution in [0.1, 0.15) is 13.3 Å². The highest BCUT2D eigenvalue weighted by Crippen LogP contribution is 2.11. The first-order chi connectivity index (χ1) is 6.77. The summed E-state index contributed by atoms with van der Waals surface area (Å²) in [5.41, 5.74) is 0. The lowest BCUT2D eigenvalue weighted by molar-refractivity contribution is 0.484. The Morgan fingerprint density at radius 1 is 1.57 bits per heavy atom. The van der Waals surface area contributed by atoms with Crippen LogP contribution in [0, 0.1) is 5.92 Å². The molecule has 14 heavy (non-hydrogen) atoms. The highest BCUT2D eigenvalue weighted by atomic mass is 15.2. The first kappa shape index (κ1) is 11.1. The molecule has 80 valence electrons. The molecule has 0 fully saturated rings. The van der Waals surface area contributed by atoms with Crippen molar-refractivity contribution in [2.75, 3.05) is 32.1 Å². The number of hydrogen-bond donors (Lipinski definition) is 2. The van der Waals surface area contributed by atoms with Crippen LogP contribution >= 0.6 is 0 Å². The number of anilines is 1. The van der Waals surface area contributed by atoms with Crippen LogP contribution in [0.4, 0.5) is 5.82 Å². The average molecular weight is 195 g/mol. The summed E-state index contributed by atoms with van der Waals surface area (Å²) in [4.78, 5) is 5.48. The Kier molecular flexibility index (Phi) is 4.53. The molecule has 1 rings (SSSR count). The summed E-state index contributed by atoms with van der Waals surface area (Å²) >= 11 is 0. The van der Waals surface area contributed by atoms with Gasteiger partial charge in [0.2, 0.25) is 0 Å².